The van der Waals surface area contributed by atoms with E-state index in [1.807, 2.05) is 18.2 Å². The van der Waals surface area contributed by atoms with Gasteiger partial charge in [-0.2, -0.15) is 0 Å². The van der Waals surface area contributed by atoms with Crippen LogP contribution in [0.15, 0.2) is 42.5 Å². The van der Waals surface area contributed by atoms with Gasteiger partial charge in [0.2, 0.25) is 0 Å². The summed E-state index contributed by atoms with van der Waals surface area (Å²) in [5.74, 6) is -0.261. The van der Waals surface area contributed by atoms with Crippen LogP contribution in [0.25, 0.3) is 11.1 Å². The van der Waals surface area contributed by atoms with E-state index in [0.29, 0.717) is 5.56 Å². The van der Waals surface area contributed by atoms with Crippen LogP contribution in [-0.2, 0) is 0 Å². The molecule has 2 aromatic carbocycles. The van der Waals surface area contributed by atoms with Crippen molar-refractivity contribution < 1.29 is 9.90 Å². The molecule has 0 fully saturated rings. The van der Waals surface area contributed by atoms with Gasteiger partial charge < -0.3 is 5.11 Å². The lowest BCUT2D eigenvalue weighted by Crippen LogP contribution is -2.31. The number of carbonyl (C=O) groups excluding carboxylic acids is 1. The van der Waals surface area contributed by atoms with Gasteiger partial charge in [-0.25, -0.2) is 0 Å². The predicted octanol–water partition coefficient (Wildman–Crippen LogP) is 3.92. The van der Waals surface area contributed by atoms with Gasteiger partial charge in [-0.1, -0.05) is 36.4 Å². The Balaban J connectivity index is 2.44. The molecule has 0 unspecified atom stereocenters. The molecule has 0 saturated carbocycles. The minimum atomic E-state index is -1.35. The van der Waals surface area contributed by atoms with E-state index in [1.165, 1.54) is 25.0 Å². The zero-order valence-electron chi connectivity index (χ0n) is 12.4. The number of Topliss-reactive ketones (excluding diaryl/α,β-unsaturated/α-hetero) is 1. The van der Waals surface area contributed by atoms with E-state index in [-0.39, 0.29) is 5.78 Å². The van der Waals surface area contributed by atoms with Crippen LogP contribution in [0.2, 0.25) is 0 Å². The zero-order valence-corrected chi connectivity index (χ0v) is 12.4. The summed E-state index contributed by atoms with van der Waals surface area (Å²) in [6, 6.07) is 13.7. The molecule has 0 amide bonds. The largest absolute Gasteiger partial charge is 0.382 e. The average Bonchev–Trinajstić information content (AvgIpc) is 2.40. The molecule has 0 bridgehead atoms. The maximum absolute atomic E-state index is 12.1. The quantitative estimate of drug-likeness (QED) is 0.856. The first kappa shape index (κ1) is 14.5. The van der Waals surface area contributed by atoms with Gasteiger partial charge in [0.05, 0.1) is 0 Å². The van der Waals surface area contributed by atoms with Gasteiger partial charge in [0.15, 0.2) is 5.78 Å². The summed E-state index contributed by atoms with van der Waals surface area (Å²) in [6.07, 6.45) is 0. The number of aryl methyl sites for hydroxylation is 2. The Morgan fingerprint density at radius 1 is 0.950 bits per heavy atom. The molecule has 104 valence electrons. The molecule has 20 heavy (non-hydrogen) atoms. The topological polar surface area (TPSA) is 37.3 Å². The highest BCUT2D eigenvalue weighted by Crippen LogP contribution is 2.24. The first-order valence-corrected chi connectivity index (χ1v) is 6.74. The molecule has 1 N–H and O–H groups in total. The van der Waals surface area contributed by atoms with Crippen LogP contribution in [0, 0.1) is 13.8 Å². The third-order valence-corrected chi connectivity index (χ3v) is 3.52. The van der Waals surface area contributed by atoms with Crippen molar-refractivity contribution in [1.29, 1.82) is 0 Å². The molecule has 2 aromatic rings. The smallest absolute Gasteiger partial charge is 0.193 e. The molecule has 0 aliphatic rings. The SMILES string of the molecule is Cc1ccc(-c2cccc(C(=O)C(C)(C)O)c2)cc1C. The van der Waals surface area contributed by atoms with Crippen LogP contribution >= 0.6 is 0 Å². The van der Waals surface area contributed by atoms with Crippen molar-refractivity contribution in [3.63, 3.8) is 0 Å². The van der Waals surface area contributed by atoms with Gasteiger partial charge in [-0.05, 0) is 56.0 Å². The van der Waals surface area contributed by atoms with E-state index >= 15 is 0 Å². The summed E-state index contributed by atoms with van der Waals surface area (Å²) in [5.41, 5.74) is 3.73. The second-order valence-electron chi connectivity index (χ2n) is 5.77. The first-order valence-electron chi connectivity index (χ1n) is 6.74. The predicted molar refractivity (Wildman–Crippen MR) is 82.0 cm³/mol. The number of hydrogen-bond acceptors (Lipinski definition) is 2. The van der Waals surface area contributed by atoms with Crippen LogP contribution < -0.4 is 0 Å². The minimum absolute atomic E-state index is 0.261. The molecule has 0 spiro atoms. The van der Waals surface area contributed by atoms with Gasteiger partial charge in [-0.3, -0.25) is 4.79 Å². The van der Waals surface area contributed by atoms with Gasteiger partial charge in [0, 0.05) is 5.56 Å². The highest BCUT2D eigenvalue weighted by molar-refractivity contribution is 6.02. The van der Waals surface area contributed by atoms with Crippen molar-refractivity contribution in [2.45, 2.75) is 33.3 Å². The van der Waals surface area contributed by atoms with Gasteiger partial charge in [-0.15, -0.1) is 0 Å². The number of hydrogen-bond donors (Lipinski definition) is 1. The Morgan fingerprint density at radius 3 is 2.20 bits per heavy atom. The van der Waals surface area contributed by atoms with Crippen LogP contribution in [0.3, 0.4) is 0 Å². The van der Waals surface area contributed by atoms with Gasteiger partial charge in [0.1, 0.15) is 5.60 Å². The summed E-state index contributed by atoms with van der Waals surface area (Å²) in [5, 5.41) is 9.83. The summed E-state index contributed by atoms with van der Waals surface area (Å²) >= 11 is 0. The third kappa shape index (κ3) is 2.97. The van der Waals surface area contributed by atoms with E-state index in [9.17, 15) is 9.90 Å². The zero-order chi connectivity index (χ0) is 14.9. The average molecular weight is 268 g/mol. The van der Waals surface area contributed by atoms with Crippen molar-refractivity contribution >= 4 is 5.78 Å². The number of rotatable bonds is 3. The highest BCUT2D eigenvalue weighted by Gasteiger charge is 2.25. The first-order chi connectivity index (χ1) is 9.29. The van der Waals surface area contributed by atoms with Gasteiger partial charge >= 0.3 is 0 Å². The molecular formula is C18H20O2. The Kier molecular flexibility index (Phi) is 3.78. The molecule has 2 heteroatoms. The summed E-state index contributed by atoms with van der Waals surface area (Å²) < 4.78 is 0. The Labute approximate surface area is 120 Å². The molecule has 2 rings (SSSR count). The second kappa shape index (κ2) is 5.22. The fraction of sp³-hybridized carbons (Fsp3) is 0.278. The number of aliphatic hydroxyl groups is 1. The second-order valence-corrected chi connectivity index (χ2v) is 5.77. The van der Waals surface area contributed by atoms with Gasteiger partial charge in [0.25, 0.3) is 0 Å². The minimum Gasteiger partial charge on any atom is -0.382 e. The number of ketones is 1. The van der Waals surface area contributed by atoms with E-state index < -0.39 is 5.60 Å². The molecule has 0 aliphatic carbocycles. The number of benzene rings is 2. The van der Waals surface area contributed by atoms with E-state index in [2.05, 4.69) is 32.0 Å². The lowest BCUT2D eigenvalue weighted by Gasteiger charge is -2.16. The van der Waals surface area contributed by atoms with Crippen molar-refractivity contribution in [1.82, 2.24) is 0 Å². The molecule has 0 aliphatic heterocycles. The molecule has 0 aromatic heterocycles. The molecule has 2 nitrogen and oxygen atoms in total. The van der Waals surface area contributed by atoms with Crippen LogP contribution in [-0.4, -0.2) is 16.5 Å². The van der Waals surface area contributed by atoms with Crippen molar-refractivity contribution in [2.75, 3.05) is 0 Å². The molecule has 0 saturated heterocycles. The maximum Gasteiger partial charge on any atom is 0.193 e. The van der Waals surface area contributed by atoms with E-state index in [0.717, 1.165) is 11.1 Å². The molecule has 0 heterocycles. The molecule has 0 atom stereocenters. The Morgan fingerprint density at radius 2 is 1.60 bits per heavy atom. The highest BCUT2D eigenvalue weighted by atomic mass is 16.3. The lowest BCUT2D eigenvalue weighted by molar-refractivity contribution is 0.0488. The Hall–Kier alpha value is -1.93. The molecular weight excluding hydrogens is 248 g/mol. The van der Waals surface area contributed by atoms with Crippen molar-refractivity contribution in [2.24, 2.45) is 0 Å². The summed E-state index contributed by atoms with van der Waals surface area (Å²) in [4.78, 5) is 12.1. The maximum atomic E-state index is 12.1. The standard InChI is InChI=1S/C18H20O2/c1-12-8-9-15(10-13(12)2)14-6-5-7-16(11-14)17(19)18(3,4)20/h5-11,20H,1-4H3. The summed E-state index contributed by atoms with van der Waals surface area (Å²) in [7, 11) is 0. The monoisotopic (exact) mass is 268 g/mol. The van der Waals surface area contributed by atoms with Crippen LogP contribution in [0.5, 0.6) is 0 Å². The molecule has 0 radical (unpaired) electrons. The van der Waals surface area contributed by atoms with Crippen LogP contribution in [0.4, 0.5) is 0 Å². The fourth-order valence-electron chi connectivity index (χ4n) is 2.11. The number of carbonyl (C=O) groups is 1. The van der Waals surface area contributed by atoms with E-state index in [1.54, 1.807) is 6.07 Å². The van der Waals surface area contributed by atoms with Crippen molar-refractivity contribution in [3.05, 3.63) is 59.2 Å². The third-order valence-electron chi connectivity index (χ3n) is 3.52. The fourth-order valence-corrected chi connectivity index (χ4v) is 2.11. The van der Waals surface area contributed by atoms with E-state index in [4.69, 9.17) is 0 Å². The van der Waals surface area contributed by atoms with Crippen molar-refractivity contribution in [3.8, 4) is 11.1 Å². The Bertz CT molecular complexity index is 649. The van der Waals surface area contributed by atoms with Crippen LogP contribution in [0.1, 0.15) is 35.3 Å². The summed E-state index contributed by atoms with van der Waals surface area (Å²) in [6.45, 7) is 7.17. The lowest BCUT2D eigenvalue weighted by atomic mass is 9.93. The normalized spacial score (nSPS) is 11.4.